The fourth-order valence-corrected chi connectivity index (χ4v) is 3.42. The summed E-state index contributed by atoms with van der Waals surface area (Å²) >= 11 is 3.37. The highest BCUT2D eigenvalue weighted by atomic mass is 79.9. The Bertz CT molecular complexity index is 1400. The maximum atomic E-state index is 12.8. The third-order valence-corrected chi connectivity index (χ3v) is 5.29. The number of hydrogen-bond acceptors (Lipinski definition) is 7. The Morgan fingerprint density at radius 2 is 1.91 bits per heavy atom. The van der Waals surface area contributed by atoms with Crippen molar-refractivity contribution >= 4 is 56.4 Å². The smallest absolute Gasteiger partial charge is 0.343 e. The van der Waals surface area contributed by atoms with Gasteiger partial charge in [0.25, 0.3) is 11.8 Å². The summed E-state index contributed by atoms with van der Waals surface area (Å²) in [7, 11) is 1.27. The van der Waals surface area contributed by atoms with Crippen molar-refractivity contribution in [2.45, 2.75) is 6.92 Å². The number of esters is 1. The summed E-state index contributed by atoms with van der Waals surface area (Å²) in [4.78, 5) is 50.8. The Morgan fingerprint density at radius 1 is 1.09 bits per heavy atom. The number of H-pyrrole nitrogens is 2. The van der Waals surface area contributed by atoms with Crippen molar-refractivity contribution in [1.29, 1.82) is 0 Å². The van der Waals surface area contributed by atoms with Crippen molar-refractivity contribution < 1.29 is 23.9 Å². The third kappa shape index (κ3) is 5.07. The predicted octanol–water partition coefficient (Wildman–Crippen LogP) is 3.41. The van der Waals surface area contributed by atoms with Gasteiger partial charge in [-0.05, 0) is 36.8 Å². The minimum absolute atomic E-state index is 0.0206. The van der Waals surface area contributed by atoms with Crippen molar-refractivity contribution in [3.05, 3.63) is 64.1 Å². The van der Waals surface area contributed by atoms with E-state index in [2.05, 4.69) is 51.2 Å². The molecule has 0 saturated heterocycles. The maximum Gasteiger partial charge on any atom is 0.343 e. The molecule has 174 valence electrons. The fourth-order valence-electron chi connectivity index (χ4n) is 3.06. The summed E-state index contributed by atoms with van der Waals surface area (Å²) in [6, 6.07) is 10.4. The van der Waals surface area contributed by atoms with Crippen LogP contribution in [-0.2, 0) is 9.53 Å². The van der Waals surface area contributed by atoms with Crippen molar-refractivity contribution in [3.63, 3.8) is 0 Å². The number of hydrogen-bond donors (Lipinski definition) is 4. The van der Waals surface area contributed by atoms with Gasteiger partial charge in [0.15, 0.2) is 12.3 Å². The number of anilines is 2. The van der Waals surface area contributed by atoms with Crippen LogP contribution in [0, 0.1) is 6.92 Å². The molecule has 0 fully saturated rings. The number of fused-ring (bicyclic) bond motifs is 1. The summed E-state index contributed by atoms with van der Waals surface area (Å²) in [5.41, 5.74) is 2.50. The number of amides is 2. The van der Waals surface area contributed by atoms with Gasteiger partial charge in [0.05, 0.1) is 24.5 Å². The Morgan fingerprint density at radius 3 is 2.71 bits per heavy atom. The van der Waals surface area contributed by atoms with E-state index in [-0.39, 0.29) is 23.9 Å². The highest BCUT2D eigenvalue weighted by Crippen LogP contribution is 2.23. The van der Waals surface area contributed by atoms with Crippen LogP contribution in [0.1, 0.15) is 26.5 Å². The molecule has 12 heteroatoms. The Balaban J connectivity index is 1.48. The molecule has 0 saturated carbocycles. The summed E-state index contributed by atoms with van der Waals surface area (Å²) < 4.78 is 10.7. The molecule has 2 aromatic carbocycles. The van der Waals surface area contributed by atoms with Crippen molar-refractivity contribution in [2.24, 2.45) is 0 Å². The predicted molar refractivity (Wildman–Crippen MR) is 127 cm³/mol. The lowest BCUT2D eigenvalue weighted by molar-refractivity contribution is -0.142. The van der Waals surface area contributed by atoms with Crippen LogP contribution in [0.5, 0.6) is 5.75 Å². The Kier molecular flexibility index (Phi) is 6.59. The van der Waals surface area contributed by atoms with Crippen LogP contribution in [0.4, 0.5) is 11.6 Å². The number of aromatic nitrogens is 4. The van der Waals surface area contributed by atoms with Gasteiger partial charge < -0.3 is 24.8 Å². The number of carbonyl (C=O) groups excluding carboxylic acids is 3. The average Bonchev–Trinajstić information content (AvgIpc) is 3.46. The molecule has 0 spiro atoms. The Hall–Kier alpha value is -4.19. The van der Waals surface area contributed by atoms with Gasteiger partial charge in [-0.3, -0.25) is 14.9 Å². The molecule has 2 aromatic heterocycles. The molecule has 0 aliphatic carbocycles. The quantitative estimate of drug-likeness (QED) is 0.269. The van der Waals surface area contributed by atoms with E-state index in [0.717, 1.165) is 10.0 Å². The highest BCUT2D eigenvalue weighted by Gasteiger charge is 2.22. The second-order valence-corrected chi connectivity index (χ2v) is 8.04. The van der Waals surface area contributed by atoms with Crippen molar-refractivity contribution in [3.8, 4) is 5.75 Å². The van der Waals surface area contributed by atoms with Crippen LogP contribution < -0.4 is 15.4 Å². The standard InChI is InChI=1S/C22H19BrN6O5/c1-11-3-4-12(23)7-15(11)26-20(31)18-19(25-10-24-18)21(32)29-22-27-14-6-5-13(8-16(14)28-22)34-9-17(30)33-2/h3-8,10H,9H2,1-2H3,(H,24,25)(H,26,31)(H2,27,28,29,32). The van der Waals surface area contributed by atoms with Gasteiger partial charge in [-0.2, -0.15) is 0 Å². The number of halogens is 1. The van der Waals surface area contributed by atoms with E-state index in [9.17, 15) is 14.4 Å². The van der Waals surface area contributed by atoms with E-state index >= 15 is 0 Å². The first-order valence-corrected chi connectivity index (χ1v) is 10.7. The summed E-state index contributed by atoms with van der Waals surface area (Å²) in [6.07, 6.45) is 1.27. The first kappa shape index (κ1) is 23.0. The molecule has 0 aliphatic rings. The first-order chi connectivity index (χ1) is 16.3. The van der Waals surface area contributed by atoms with E-state index < -0.39 is 17.8 Å². The molecule has 34 heavy (non-hydrogen) atoms. The zero-order valence-electron chi connectivity index (χ0n) is 18.1. The number of imidazole rings is 2. The number of aromatic amines is 2. The number of rotatable bonds is 7. The second-order valence-electron chi connectivity index (χ2n) is 7.12. The lowest BCUT2D eigenvalue weighted by atomic mass is 10.2. The summed E-state index contributed by atoms with van der Waals surface area (Å²) in [5, 5.41) is 5.38. The van der Waals surface area contributed by atoms with Crippen LogP contribution in [0.2, 0.25) is 0 Å². The number of benzene rings is 2. The lowest BCUT2D eigenvalue weighted by Gasteiger charge is -2.08. The topological polar surface area (TPSA) is 151 Å². The number of methoxy groups -OCH3 is 1. The number of nitrogens with zero attached hydrogens (tertiary/aromatic N) is 2. The minimum Gasteiger partial charge on any atom is -0.482 e. The van der Waals surface area contributed by atoms with E-state index in [4.69, 9.17) is 4.74 Å². The normalized spacial score (nSPS) is 10.7. The SMILES string of the molecule is COC(=O)COc1ccc2[nH]c(NC(=O)c3[nH]cnc3C(=O)Nc3cc(Br)ccc3C)nc2c1. The monoisotopic (exact) mass is 526 g/mol. The largest absolute Gasteiger partial charge is 0.482 e. The zero-order chi connectivity index (χ0) is 24.2. The molecular formula is C22H19BrN6O5. The van der Waals surface area contributed by atoms with Gasteiger partial charge in [0, 0.05) is 16.2 Å². The molecule has 11 nitrogen and oxygen atoms in total. The lowest BCUT2D eigenvalue weighted by Crippen LogP contribution is -2.21. The van der Waals surface area contributed by atoms with E-state index in [1.54, 1.807) is 24.3 Å². The van der Waals surface area contributed by atoms with Crippen LogP contribution in [0.15, 0.2) is 47.2 Å². The molecule has 4 aromatic rings. The molecule has 0 aliphatic heterocycles. The molecule has 0 atom stereocenters. The number of carbonyl (C=O) groups is 3. The van der Waals surface area contributed by atoms with Crippen LogP contribution in [0.3, 0.4) is 0 Å². The van der Waals surface area contributed by atoms with Crippen LogP contribution in [0.25, 0.3) is 11.0 Å². The molecule has 2 heterocycles. The number of nitrogens with one attached hydrogen (secondary N) is 4. The number of aryl methyl sites for hydroxylation is 1. The minimum atomic E-state index is -0.602. The Labute approximate surface area is 201 Å². The zero-order valence-corrected chi connectivity index (χ0v) is 19.6. The molecule has 2 amide bonds. The molecule has 4 rings (SSSR count). The second kappa shape index (κ2) is 9.75. The molecule has 4 N–H and O–H groups in total. The van der Waals surface area contributed by atoms with E-state index in [0.29, 0.717) is 22.5 Å². The van der Waals surface area contributed by atoms with Gasteiger partial charge in [0.2, 0.25) is 5.95 Å². The van der Waals surface area contributed by atoms with E-state index in [1.807, 2.05) is 19.1 Å². The van der Waals surface area contributed by atoms with Gasteiger partial charge >= 0.3 is 5.97 Å². The van der Waals surface area contributed by atoms with Gasteiger partial charge in [-0.15, -0.1) is 0 Å². The van der Waals surface area contributed by atoms with Crippen molar-refractivity contribution in [2.75, 3.05) is 24.4 Å². The van der Waals surface area contributed by atoms with Crippen LogP contribution in [-0.4, -0.2) is 51.4 Å². The number of ether oxygens (including phenoxy) is 2. The maximum absolute atomic E-state index is 12.8. The van der Waals surface area contributed by atoms with Gasteiger partial charge in [0.1, 0.15) is 11.4 Å². The molecular weight excluding hydrogens is 508 g/mol. The highest BCUT2D eigenvalue weighted by molar-refractivity contribution is 9.10. The van der Waals surface area contributed by atoms with Gasteiger partial charge in [-0.25, -0.2) is 14.8 Å². The van der Waals surface area contributed by atoms with Crippen molar-refractivity contribution in [1.82, 2.24) is 19.9 Å². The van der Waals surface area contributed by atoms with Gasteiger partial charge in [-0.1, -0.05) is 22.0 Å². The molecule has 0 radical (unpaired) electrons. The summed E-state index contributed by atoms with van der Waals surface area (Å²) in [5.74, 6) is -1.07. The summed E-state index contributed by atoms with van der Waals surface area (Å²) in [6.45, 7) is 1.62. The fraction of sp³-hybridized carbons (Fsp3) is 0.136. The molecule has 0 bridgehead atoms. The molecule has 0 unspecified atom stereocenters. The van der Waals surface area contributed by atoms with E-state index in [1.165, 1.54) is 13.4 Å². The third-order valence-electron chi connectivity index (χ3n) is 4.80. The van der Waals surface area contributed by atoms with Crippen LogP contribution >= 0.6 is 15.9 Å². The first-order valence-electron chi connectivity index (χ1n) is 9.95. The average molecular weight is 527 g/mol.